The summed E-state index contributed by atoms with van der Waals surface area (Å²) in [6.07, 6.45) is 1.75. The third-order valence-corrected chi connectivity index (χ3v) is 3.95. The summed E-state index contributed by atoms with van der Waals surface area (Å²) < 4.78 is 8.63. The molecule has 2 aromatic rings. The van der Waals surface area contributed by atoms with Crippen LogP contribution in [0.4, 0.5) is 0 Å². The number of hydrogen-bond donors (Lipinski definition) is 1. The predicted molar refractivity (Wildman–Crippen MR) is 83.5 cm³/mol. The van der Waals surface area contributed by atoms with Gasteiger partial charge in [-0.15, -0.1) is 0 Å². The van der Waals surface area contributed by atoms with Gasteiger partial charge in [-0.3, -0.25) is 4.68 Å². The van der Waals surface area contributed by atoms with E-state index in [2.05, 4.69) is 45.4 Å². The zero-order valence-corrected chi connectivity index (χ0v) is 13.6. The van der Waals surface area contributed by atoms with Gasteiger partial charge in [0.15, 0.2) is 0 Å². The second kappa shape index (κ2) is 7.02. The van der Waals surface area contributed by atoms with E-state index in [1.807, 2.05) is 36.1 Å². The molecule has 0 spiro atoms. The number of aromatic nitrogens is 2. The Balaban J connectivity index is 2.41. The highest BCUT2D eigenvalue weighted by molar-refractivity contribution is 9.10. The molecule has 0 saturated heterocycles. The normalized spacial score (nSPS) is 14.2. The van der Waals surface area contributed by atoms with Gasteiger partial charge in [0, 0.05) is 14.2 Å². The summed E-state index contributed by atoms with van der Waals surface area (Å²) in [4.78, 5) is 0. The Morgan fingerprint density at radius 3 is 2.55 bits per heavy atom. The lowest BCUT2D eigenvalue weighted by Gasteiger charge is -2.27. The van der Waals surface area contributed by atoms with Gasteiger partial charge in [0.25, 0.3) is 0 Å². The zero-order chi connectivity index (χ0) is 14.5. The molecular formula is C15H20BrN3O. The minimum atomic E-state index is -0.0668. The lowest BCUT2D eigenvalue weighted by atomic mass is 9.99. The molecule has 0 radical (unpaired) electrons. The number of rotatable bonds is 6. The quantitative estimate of drug-likeness (QED) is 0.879. The van der Waals surface area contributed by atoms with Crippen molar-refractivity contribution in [3.63, 3.8) is 0 Å². The summed E-state index contributed by atoms with van der Waals surface area (Å²) in [5.74, 6) is 0. The molecule has 0 fully saturated rings. The molecule has 2 rings (SSSR count). The predicted octanol–water partition coefficient (Wildman–Crippen LogP) is 3.22. The van der Waals surface area contributed by atoms with Crippen LogP contribution in [0.2, 0.25) is 0 Å². The molecule has 0 aliphatic heterocycles. The van der Waals surface area contributed by atoms with Crippen LogP contribution in [0, 0.1) is 0 Å². The molecule has 0 aliphatic carbocycles. The topological polar surface area (TPSA) is 39.1 Å². The first-order valence-corrected chi connectivity index (χ1v) is 7.46. The Morgan fingerprint density at radius 2 is 2.05 bits per heavy atom. The van der Waals surface area contributed by atoms with Crippen LogP contribution in [0.15, 0.2) is 41.0 Å². The van der Waals surface area contributed by atoms with E-state index in [1.54, 1.807) is 7.11 Å². The monoisotopic (exact) mass is 337 g/mol. The SMILES string of the molecule is CCNC(c1c(Br)cnn1C)C(OC)c1ccccc1. The third kappa shape index (κ3) is 3.11. The molecule has 0 saturated carbocycles. The van der Waals surface area contributed by atoms with Crippen molar-refractivity contribution in [2.24, 2.45) is 7.05 Å². The summed E-state index contributed by atoms with van der Waals surface area (Å²) in [5.41, 5.74) is 2.23. The maximum absolute atomic E-state index is 5.76. The van der Waals surface area contributed by atoms with Crippen molar-refractivity contribution in [2.75, 3.05) is 13.7 Å². The van der Waals surface area contributed by atoms with Crippen molar-refractivity contribution in [1.29, 1.82) is 0 Å². The van der Waals surface area contributed by atoms with E-state index >= 15 is 0 Å². The van der Waals surface area contributed by atoms with Crippen molar-refractivity contribution in [1.82, 2.24) is 15.1 Å². The van der Waals surface area contributed by atoms with Gasteiger partial charge in [-0.25, -0.2) is 0 Å². The van der Waals surface area contributed by atoms with Gasteiger partial charge in [0.2, 0.25) is 0 Å². The van der Waals surface area contributed by atoms with Crippen LogP contribution in [0.3, 0.4) is 0 Å². The molecule has 108 valence electrons. The Kier molecular flexibility index (Phi) is 5.34. The van der Waals surface area contributed by atoms with Gasteiger partial charge in [-0.05, 0) is 28.0 Å². The summed E-state index contributed by atoms with van der Waals surface area (Å²) >= 11 is 3.58. The van der Waals surface area contributed by atoms with Crippen LogP contribution in [-0.4, -0.2) is 23.4 Å². The van der Waals surface area contributed by atoms with Crippen molar-refractivity contribution in [3.8, 4) is 0 Å². The van der Waals surface area contributed by atoms with Crippen LogP contribution < -0.4 is 5.32 Å². The van der Waals surface area contributed by atoms with Crippen molar-refractivity contribution in [3.05, 3.63) is 52.3 Å². The average molecular weight is 338 g/mol. The van der Waals surface area contributed by atoms with Crippen LogP contribution in [0.5, 0.6) is 0 Å². The van der Waals surface area contributed by atoms with Gasteiger partial charge in [-0.1, -0.05) is 37.3 Å². The Hall–Kier alpha value is -1.17. The summed E-state index contributed by atoms with van der Waals surface area (Å²) in [6, 6.07) is 10.3. The molecule has 2 unspecified atom stereocenters. The first-order valence-electron chi connectivity index (χ1n) is 6.67. The van der Waals surface area contributed by atoms with Gasteiger partial charge in [0.05, 0.1) is 22.4 Å². The standard InChI is InChI=1S/C15H20BrN3O/c1-4-17-13(14-12(16)10-18-19(14)2)15(20-3)11-8-6-5-7-9-11/h5-10,13,15,17H,4H2,1-3H3. The van der Waals surface area contributed by atoms with Gasteiger partial charge >= 0.3 is 0 Å². The zero-order valence-electron chi connectivity index (χ0n) is 12.0. The van der Waals surface area contributed by atoms with Crippen LogP contribution in [-0.2, 0) is 11.8 Å². The molecule has 1 N–H and O–H groups in total. The number of likely N-dealkylation sites (N-methyl/N-ethyl adjacent to an activating group) is 1. The third-order valence-electron chi connectivity index (χ3n) is 3.34. The second-order valence-electron chi connectivity index (χ2n) is 4.60. The smallest absolute Gasteiger partial charge is 0.103 e. The number of nitrogens with one attached hydrogen (secondary N) is 1. The van der Waals surface area contributed by atoms with Crippen molar-refractivity contribution >= 4 is 15.9 Å². The van der Waals surface area contributed by atoms with E-state index in [0.29, 0.717) is 0 Å². The molecule has 20 heavy (non-hydrogen) atoms. The molecule has 0 aliphatic rings. The lowest BCUT2D eigenvalue weighted by Crippen LogP contribution is -2.30. The molecule has 1 aromatic heterocycles. The number of hydrogen-bond acceptors (Lipinski definition) is 3. The molecule has 0 amide bonds. The minimum absolute atomic E-state index is 0.0364. The first kappa shape index (κ1) is 15.2. The lowest BCUT2D eigenvalue weighted by molar-refractivity contribution is 0.0653. The van der Waals surface area contributed by atoms with Gasteiger partial charge in [0.1, 0.15) is 6.10 Å². The van der Waals surface area contributed by atoms with Gasteiger partial charge in [-0.2, -0.15) is 5.10 Å². The molecule has 0 bridgehead atoms. The Labute approximate surface area is 128 Å². The maximum atomic E-state index is 5.76. The number of methoxy groups -OCH3 is 1. The number of nitrogens with zero attached hydrogens (tertiary/aromatic N) is 2. The minimum Gasteiger partial charge on any atom is -0.375 e. The second-order valence-corrected chi connectivity index (χ2v) is 5.46. The Bertz CT molecular complexity index is 522. The molecule has 1 heterocycles. The van der Waals surface area contributed by atoms with Crippen molar-refractivity contribution < 1.29 is 4.74 Å². The van der Waals surface area contributed by atoms with Crippen LogP contribution >= 0.6 is 15.9 Å². The summed E-state index contributed by atoms with van der Waals surface area (Å²) in [6.45, 7) is 2.95. The maximum Gasteiger partial charge on any atom is 0.103 e. The first-order chi connectivity index (χ1) is 9.69. The highest BCUT2D eigenvalue weighted by Crippen LogP contribution is 2.34. The number of ether oxygens (including phenoxy) is 1. The molecule has 1 aromatic carbocycles. The fourth-order valence-corrected chi connectivity index (χ4v) is 3.04. The average Bonchev–Trinajstić information content (AvgIpc) is 2.79. The van der Waals surface area contributed by atoms with Crippen LogP contribution in [0.1, 0.15) is 30.3 Å². The fraction of sp³-hybridized carbons (Fsp3) is 0.400. The highest BCUT2D eigenvalue weighted by atomic mass is 79.9. The van der Waals surface area contributed by atoms with E-state index in [4.69, 9.17) is 4.74 Å². The number of aryl methyl sites for hydroxylation is 1. The van der Waals surface area contributed by atoms with Gasteiger partial charge < -0.3 is 10.1 Å². The van der Waals surface area contributed by atoms with Crippen molar-refractivity contribution in [2.45, 2.75) is 19.1 Å². The van der Waals surface area contributed by atoms with E-state index in [1.165, 1.54) is 0 Å². The number of benzene rings is 1. The Morgan fingerprint density at radius 1 is 1.35 bits per heavy atom. The van der Waals surface area contributed by atoms with E-state index < -0.39 is 0 Å². The summed E-state index contributed by atoms with van der Waals surface area (Å²) in [7, 11) is 3.69. The fourth-order valence-electron chi connectivity index (χ4n) is 2.44. The molecule has 5 heteroatoms. The number of halogens is 1. The highest BCUT2D eigenvalue weighted by Gasteiger charge is 2.28. The molecule has 2 atom stereocenters. The summed E-state index contributed by atoms with van der Waals surface area (Å²) in [5, 5.41) is 7.80. The molecule has 4 nitrogen and oxygen atoms in total. The largest absolute Gasteiger partial charge is 0.375 e. The van der Waals surface area contributed by atoms with E-state index in [0.717, 1.165) is 22.3 Å². The van der Waals surface area contributed by atoms with E-state index in [-0.39, 0.29) is 12.1 Å². The molecular weight excluding hydrogens is 318 g/mol. The van der Waals surface area contributed by atoms with Crippen LogP contribution in [0.25, 0.3) is 0 Å². The van der Waals surface area contributed by atoms with E-state index in [9.17, 15) is 0 Å².